The van der Waals surface area contributed by atoms with E-state index in [1.807, 2.05) is 17.9 Å². The molecule has 1 unspecified atom stereocenters. The highest BCUT2D eigenvalue weighted by atomic mass is 79.9. The maximum Gasteiger partial charge on any atom is 0.0692 e. The van der Waals surface area contributed by atoms with E-state index >= 15 is 0 Å². The van der Waals surface area contributed by atoms with Crippen molar-refractivity contribution in [3.63, 3.8) is 0 Å². The smallest absolute Gasteiger partial charge is 0.0692 e. The van der Waals surface area contributed by atoms with Gasteiger partial charge in [-0.3, -0.25) is 4.68 Å². The molecule has 0 aliphatic heterocycles. The fourth-order valence-electron chi connectivity index (χ4n) is 2.35. The van der Waals surface area contributed by atoms with Gasteiger partial charge in [0.1, 0.15) is 0 Å². The third kappa shape index (κ3) is 3.67. The van der Waals surface area contributed by atoms with Gasteiger partial charge in [-0.2, -0.15) is 5.10 Å². The van der Waals surface area contributed by atoms with E-state index in [0.717, 1.165) is 23.9 Å². The standard InChI is InChI=1S/C15H20BrN3/c1-3-17-14(15-13(16)11-18-19(15)2)10-9-12-7-5-4-6-8-12/h4-8,11,14,17H,3,9-10H2,1-2H3. The Balaban J connectivity index is 2.09. The lowest BCUT2D eigenvalue weighted by atomic mass is 10.0. The number of hydrogen-bond acceptors (Lipinski definition) is 2. The number of nitrogens with zero attached hydrogens (tertiary/aromatic N) is 2. The van der Waals surface area contributed by atoms with Crippen LogP contribution in [0.5, 0.6) is 0 Å². The van der Waals surface area contributed by atoms with Crippen molar-refractivity contribution in [3.8, 4) is 0 Å². The zero-order valence-corrected chi connectivity index (χ0v) is 13.0. The van der Waals surface area contributed by atoms with E-state index in [1.54, 1.807) is 0 Å². The summed E-state index contributed by atoms with van der Waals surface area (Å²) in [5, 5.41) is 7.85. The van der Waals surface area contributed by atoms with Crippen LogP contribution in [-0.4, -0.2) is 16.3 Å². The van der Waals surface area contributed by atoms with Crippen molar-refractivity contribution in [2.24, 2.45) is 7.05 Å². The summed E-state index contributed by atoms with van der Waals surface area (Å²) in [6.07, 6.45) is 3.99. The largest absolute Gasteiger partial charge is 0.309 e. The first-order valence-electron chi connectivity index (χ1n) is 6.67. The quantitative estimate of drug-likeness (QED) is 0.883. The Kier molecular flexibility index (Phi) is 5.16. The molecular formula is C15H20BrN3. The number of benzene rings is 1. The number of nitrogens with one attached hydrogen (secondary N) is 1. The Labute approximate surface area is 123 Å². The van der Waals surface area contributed by atoms with Crippen molar-refractivity contribution in [2.75, 3.05) is 6.54 Å². The number of hydrogen-bond donors (Lipinski definition) is 1. The van der Waals surface area contributed by atoms with Crippen LogP contribution in [0.4, 0.5) is 0 Å². The molecule has 0 saturated heterocycles. The second-order valence-electron chi connectivity index (χ2n) is 4.64. The Hall–Kier alpha value is -1.13. The molecule has 0 saturated carbocycles. The van der Waals surface area contributed by atoms with E-state index < -0.39 is 0 Å². The monoisotopic (exact) mass is 321 g/mol. The van der Waals surface area contributed by atoms with E-state index in [-0.39, 0.29) is 0 Å². The molecule has 0 radical (unpaired) electrons. The van der Waals surface area contributed by atoms with Crippen molar-refractivity contribution in [1.29, 1.82) is 0 Å². The second kappa shape index (κ2) is 6.87. The molecule has 1 aromatic carbocycles. The van der Waals surface area contributed by atoms with Crippen LogP contribution in [0.2, 0.25) is 0 Å². The zero-order valence-electron chi connectivity index (χ0n) is 11.4. The fourth-order valence-corrected chi connectivity index (χ4v) is 2.97. The molecule has 3 nitrogen and oxygen atoms in total. The molecule has 2 rings (SSSR count). The highest BCUT2D eigenvalue weighted by molar-refractivity contribution is 9.10. The number of halogens is 1. The van der Waals surface area contributed by atoms with Crippen LogP contribution in [0, 0.1) is 0 Å². The molecule has 0 bridgehead atoms. The molecule has 1 N–H and O–H groups in total. The third-order valence-corrected chi connectivity index (χ3v) is 3.89. The highest BCUT2D eigenvalue weighted by Crippen LogP contribution is 2.26. The van der Waals surface area contributed by atoms with Gasteiger partial charge < -0.3 is 5.32 Å². The summed E-state index contributed by atoms with van der Waals surface area (Å²) in [5.41, 5.74) is 2.60. The predicted octanol–water partition coefficient (Wildman–Crippen LogP) is 3.47. The SMILES string of the molecule is CCNC(CCc1ccccc1)c1c(Br)cnn1C. The minimum Gasteiger partial charge on any atom is -0.309 e. The first kappa shape index (κ1) is 14.3. The molecular weight excluding hydrogens is 302 g/mol. The molecule has 19 heavy (non-hydrogen) atoms. The molecule has 4 heteroatoms. The summed E-state index contributed by atoms with van der Waals surface area (Å²) < 4.78 is 3.02. The van der Waals surface area contributed by atoms with Crippen molar-refractivity contribution in [1.82, 2.24) is 15.1 Å². The topological polar surface area (TPSA) is 29.9 Å². The average Bonchev–Trinajstić information content (AvgIpc) is 2.76. The highest BCUT2D eigenvalue weighted by Gasteiger charge is 2.17. The minimum absolute atomic E-state index is 0.326. The molecule has 2 aromatic rings. The van der Waals surface area contributed by atoms with Crippen LogP contribution in [0.25, 0.3) is 0 Å². The Morgan fingerprint density at radius 3 is 2.63 bits per heavy atom. The molecule has 1 aromatic heterocycles. The van der Waals surface area contributed by atoms with Gasteiger partial charge >= 0.3 is 0 Å². The van der Waals surface area contributed by atoms with Crippen molar-refractivity contribution >= 4 is 15.9 Å². The van der Waals surface area contributed by atoms with Gasteiger partial charge in [0.15, 0.2) is 0 Å². The predicted molar refractivity (Wildman–Crippen MR) is 82.1 cm³/mol. The van der Waals surface area contributed by atoms with E-state index in [9.17, 15) is 0 Å². The molecule has 0 aliphatic rings. The maximum atomic E-state index is 4.30. The molecule has 1 atom stereocenters. The zero-order chi connectivity index (χ0) is 13.7. The van der Waals surface area contributed by atoms with Crippen LogP contribution < -0.4 is 5.32 Å². The third-order valence-electron chi connectivity index (χ3n) is 3.28. The van der Waals surface area contributed by atoms with Gasteiger partial charge in [-0.15, -0.1) is 0 Å². The van der Waals surface area contributed by atoms with Gasteiger partial charge in [-0.1, -0.05) is 37.3 Å². The van der Waals surface area contributed by atoms with Crippen LogP contribution in [0.1, 0.15) is 30.6 Å². The minimum atomic E-state index is 0.326. The lowest BCUT2D eigenvalue weighted by Crippen LogP contribution is -2.24. The summed E-state index contributed by atoms with van der Waals surface area (Å²) in [6, 6.07) is 10.9. The van der Waals surface area contributed by atoms with Crippen LogP contribution in [-0.2, 0) is 13.5 Å². The molecule has 0 spiro atoms. The number of rotatable bonds is 6. The number of aromatic nitrogens is 2. The number of aryl methyl sites for hydroxylation is 2. The lowest BCUT2D eigenvalue weighted by Gasteiger charge is -2.19. The normalized spacial score (nSPS) is 12.6. The van der Waals surface area contributed by atoms with Gasteiger partial charge in [0.05, 0.1) is 22.4 Å². The summed E-state index contributed by atoms with van der Waals surface area (Å²) in [5.74, 6) is 0. The molecule has 0 fully saturated rings. The first-order valence-corrected chi connectivity index (χ1v) is 7.46. The molecule has 0 amide bonds. The first-order chi connectivity index (χ1) is 9.22. The van der Waals surface area contributed by atoms with E-state index in [1.165, 1.54) is 11.3 Å². The van der Waals surface area contributed by atoms with E-state index in [0.29, 0.717) is 6.04 Å². The van der Waals surface area contributed by atoms with Gasteiger partial charge in [0, 0.05) is 7.05 Å². The Bertz CT molecular complexity index is 488. The lowest BCUT2D eigenvalue weighted by molar-refractivity contribution is 0.479. The van der Waals surface area contributed by atoms with Gasteiger partial charge in [-0.05, 0) is 40.9 Å². The van der Waals surface area contributed by atoms with Crippen LogP contribution in [0.15, 0.2) is 41.0 Å². The maximum absolute atomic E-state index is 4.30. The molecule has 0 aliphatic carbocycles. The van der Waals surface area contributed by atoms with Crippen molar-refractivity contribution in [2.45, 2.75) is 25.8 Å². The van der Waals surface area contributed by atoms with Gasteiger partial charge in [0.25, 0.3) is 0 Å². The summed E-state index contributed by atoms with van der Waals surface area (Å²) in [7, 11) is 1.99. The Morgan fingerprint density at radius 1 is 1.32 bits per heavy atom. The molecule has 1 heterocycles. The van der Waals surface area contributed by atoms with Crippen LogP contribution >= 0.6 is 15.9 Å². The van der Waals surface area contributed by atoms with Gasteiger partial charge in [0.2, 0.25) is 0 Å². The summed E-state index contributed by atoms with van der Waals surface area (Å²) in [6.45, 7) is 3.09. The van der Waals surface area contributed by atoms with Crippen LogP contribution in [0.3, 0.4) is 0 Å². The summed E-state index contributed by atoms with van der Waals surface area (Å²) >= 11 is 3.59. The second-order valence-corrected chi connectivity index (χ2v) is 5.49. The average molecular weight is 322 g/mol. The van der Waals surface area contributed by atoms with Gasteiger partial charge in [-0.25, -0.2) is 0 Å². The molecule has 102 valence electrons. The van der Waals surface area contributed by atoms with Crippen molar-refractivity contribution in [3.05, 3.63) is 52.3 Å². The fraction of sp³-hybridized carbons (Fsp3) is 0.400. The Morgan fingerprint density at radius 2 is 2.05 bits per heavy atom. The van der Waals surface area contributed by atoms with Crippen molar-refractivity contribution < 1.29 is 0 Å². The summed E-state index contributed by atoms with van der Waals surface area (Å²) in [4.78, 5) is 0. The van der Waals surface area contributed by atoms with E-state index in [4.69, 9.17) is 0 Å². The van der Waals surface area contributed by atoms with E-state index in [2.05, 4.69) is 63.6 Å².